The van der Waals surface area contributed by atoms with Gasteiger partial charge in [-0.1, -0.05) is 23.2 Å². The second-order valence-electron chi connectivity index (χ2n) is 4.65. The molecule has 1 aromatic rings. The van der Waals surface area contributed by atoms with Gasteiger partial charge < -0.3 is 5.11 Å². The van der Waals surface area contributed by atoms with Gasteiger partial charge in [0.2, 0.25) is 10.0 Å². The van der Waals surface area contributed by atoms with Gasteiger partial charge in [0.25, 0.3) is 0 Å². The van der Waals surface area contributed by atoms with Crippen molar-refractivity contribution in [3.8, 4) is 0 Å². The van der Waals surface area contributed by atoms with Crippen LogP contribution >= 0.6 is 23.2 Å². The minimum Gasteiger partial charge on any atom is -0.389 e. The van der Waals surface area contributed by atoms with Crippen molar-refractivity contribution in [3.63, 3.8) is 0 Å². The Hall–Kier alpha value is -0.330. The summed E-state index contributed by atoms with van der Waals surface area (Å²) in [4.78, 5) is -0.0663. The molecule has 1 rings (SSSR count). The third-order valence-electron chi connectivity index (χ3n) is 2.19. The molecule has 18 heavy (non-hydrogen) atoms. The van der Waals surface area contributed by atoms with E-state index >= 15 is 0 Å². The number of benzene rings is 1. The first kappa shape index (κ1) is 15.7. The van der Waals surface area contributed by atoms with Crippen LogP contribution in [0.3, 0.4) is 0 Å². The van der Waals surface area contributed by atoms with Gasteiger partial charge in [-0.2, -0.15) is 4.31 Å². The van der Waals surface area contributed by atoms with Gasteiger partial charge in [0.15, 0.2) is 0 Å². The van der Waals surface area contributed by atoms with E-state index in [2.05, 4.69) is 0 Å². The van der Waals surface area contributed by atoms with Gasteiger partial charge in [0.1, 0.15) is 4.90 Å². The Balaban J connectivity index is 3.17. The van der Waals surface area contributed by atoms with Crippen molar-refractivity contribution in [2.45, 2.75) is 24.3 Å². The van der Waals surface area contributed by atoms with Crippen molar-refractivity contribution in [2.24, 2.45) is 0 Å². The molecule has 0 bridgehead atoms. The van der Waals surface area contributed by atoms with E-state index in [1.165, 1.54) is 39.1 Å². The van der Waals surface area contributed by atoms with Crippen molar-refractivity contribution >= 4 is 33.2 Å². The van der Waals surface area contributed by atoms with Crippen molar-refractivity contribution in [2.75, 3.05) is 13.6 Å². The van der Waals surface area contributed by atoms with E-state index in [0.29, 0.717) is 0 Å². The molecule has 4 nitrogen and oxygen atoms in total. The number of aliphatic hydroxyl groups is 1. The molecule has 0 heterocycles. The standard InChI is InChI=1S/C11H15Cl2NO3S/c1-11(2,15)7-14(3)18(16,17)10-6-8(12)4-5-9(10)13/h4-6,15H,7H2,1-3H3. The highest BCUT2D eigenvalue weighted by atomic mass is 35.5. The van der Waals surface area contributed by atoms with Crippen LogP contribution in [0.1, 0.15) is 13.8 Å². The van der Waals surface area contributed by atoms with Crippen LogP contribution in [0.4, 0.5) is 0 Å². The Morgan fingerprint density at radius 2 is 1.89 bits per heavy atom. The third kappa shape index (κ3) is 3.83. The number of hydrogen-bond donors (Lipinski definition) is 1. The van der Waals surface area contributed by atoms with E-state index in [1.807, 2.05) is 0 Å². The summed E-state index contributed by atoms with van der Waals surface area (Å²) < 4.78 is 25.6. The normalized spacial score (nSPS) is 13.1. The van der Waals surface area contributed by atoms with Crippen LogP contribution in [0.5, 0.6) is 0 Å². The maximum absolute atomic E-state index is 12.3. The zero-order valence-corrected chi connectivity index (χ0v) is 12.6. The average Bonchev–Trinajstić information content (AvgIpc) is 2.19. The Morgan fingerprint density at radius 1 is 1.33 bits per heavy atom. The molecule has 0 spiro atoms. The zero-order chi connectivity index (χ0) is 14.1. The first-order chi connectivity index (χ1) is 8.04. The van der Waals surface area contributed by atoms with E-state index in [-0.39, 0.29) is 21.5 Å². The number of halogens is 2. The van der Waals surface area contributed by atoms with E-state index in [0.717, 1.165) is 4.31 Å². The van der Waals surface area contributed by atoms with E-state index in [9.17, 15) is 13.5 Å². The highest BCUT2D eigenvalue weighted by Crippen LogP contribution is 2.27. The summed E-state index contributed by atoms with van der Waals surface area (Å²) >= 11 is 11.6. The molecule has 0 unspecified atom stereocenters. The summed E-state index contributed by atoms with van der Waals surface area (Å²) in [5, 5.41) is 10.0. The highest BCUT2D eigenvalue weighted by molar-refractivity contribution is 7.89. The number of rotatable bonds is 4. The quantitative estimate of drug-likeness (QED) is 0.929. The SMILES string of the molecule is CN(CC(C)(C)O)S(=O)(=O)c1cc(Cl)ccc1Cl. The van der Waals surface area contributed by atoms with E-state index in [4.69, 9.17) is 23.2 Å². The molecule has 0 radical (unpaired) electrons. The van der Waals surface area contributed by atoms with Gasteiger partial charge in [-0.15, -0.1) is 0 Å². The molecule has 0 saturated heterocycles. The molecule has 0 amide bonds. The van der Waals surface area contributed by atoms with Crippen LogP contribution in [0.15, 0.2) is 23.1 Å². The number of likely N-dealkylation sites (N-methyl/N-ethyl adjacent to an activating group) is 1. The Bertz CT molecular complexity index is 538. The topological polar surface area (TPSA) is 57.6 Å². The predicted molar refractivity (Wildman–Crippen MR) is 72.6 cm³/mol. The summed E-state index contributed by atoms with van der Waals surface area (Å²) in [6.07, 6.45) is 0. The smallest absolute Gasteiger partial charge is 0.244 e. The fraction of sp³-hybridized carbons (Fsp3) is 0.455. The van der Waals surface area contributed by atoms with Gasteiger partial charge in [0.05, 0.1) is 10.6 Å². The lowest BCUT2D eigenvalue weighted by atomic mass is 10.1. The van der Waals surface area contributed by atoms with Crippen molar-refractivity contribution < 1.29 is 13.5 Å². The highest BCUT2D eigenvalue weighted by Gasteiger charge is 2.28. The van der Waals surface area contributed by atoms with Gasteiger partial charge in [-0.05, 0) is 32.0 Å². The molecule has 7 heteroatoms. The van der Waals surface area contributed by atoms with Crippen LogP contribution in [0.25, 0.3) is 0 Å². The van der Waals surface area contributed by atoms with Gasteiger partial charge in [-0.3, -0.25) is 0 Å². The Labute approximate surface area is 117 Å². The van der Waals surface area contributed by atoms with E-state index in [1.54, 1.807) is 0 Å². The lowest BCUT2D eigenvalue weighted by molar-refractivity contribution is 0.0640. The molecule has 0 aliphatic carbocycles. The minimum atomic E-state index is -3.77. The first-order valence-corrected chi connectivity index (χ1v) is 7.37. The van der Waals surface area contributed by atoms with Crippen molar-refractivity contribution in [1.82, 2.24) is 4.31 Å². The lowest BCUT2D eigenvalue weighted by Gasteiger charge is -2.25. The van der Waals surface area contributed by atoms with Gasteiger partial charge >= 0.3 is 0 Å². The maximum atomic E-state index is 12.3. The second kappa shape index (κ2) is 5.35. The summed E-state index contributed by atoms with van der Waals surface area (Å²) in [5.41, 5.74) is -1.13. The summed E-state index contributed by atoms with van der Waals surface area (Å²) in [6, 6.07) is 4.23. The largest absolute Gasteiger partial charge is 0.389 e. The number of hydrogen-bond acceptors (Lipinski definition) is 3. The molecule has 0 atom stereocenters. The van der Waals surface area contributed by atoms with Crippen molar-refractivity contribution in [3.05, 3.63) is 28.2 Å². The average molecular weight is 312 g/mol. The Kier molecular flexibility index (Phi) is 4.67. The number of nitrogens with zero attached hydrogens (tertiary/aromatic N) is 1. The molecule has 0 aromatic heterocycles. The predicted octanol–water partition coefficient (Wildman–Crippen LogP) is 2.38. The van der Waals surface area contributed by atoms with Gasteiger partial charge in [0, 0.05) is 18.6 Å². The molecular weight excluding hydrogens is 297 g/mol. The van der Waals surface area contributed by atoms with Crippen LogP contribution in [-0.2, 0) is 10.0 Å². The molecule has 1 aromatic carbocycles. The lowest BCUT2D eigenvalue weighted by Crippen LogP contribution is -2.39. The van der Waals surface area contributed by atoms with Crippen LogP contribution in [0, 0.1) is 0 Å². The maximum Gasteiger partial charge on any atom is 0.244 e. The zero-order valence-electron chi connectivity index (χ0n) is 10.3. The summed E-state index contributed by atoms with van der Waals surface area (Å²) in [5.74, 6) is 0. The monoisotopic (exact) mass is 311 g/mol. The fourth-order valence-corrected chi connectivity index (χ4v) is 3.53. The van der Waals surface area contributed by atoms with Crippen LogP contribution in [-0.4, -0.2) is 37.0 Å². The van der Waals surface area contributed by atoms with Gasteiger partial charge in [-0.25, -0.2) is 8.42 Å². The third-order valence-corrected chi connectivity index (χ3v) is 4.71. The molecule has 1 N–H and O–H groups in total. The summed E-state index contributed by atoms with van der Waals surface area (Å²) in [7, 11) is -2.39. The Morgan fingerprint density at radius 3 is 2.39 bits per heavy atom. The molecule has 102 valence electrons. The molecule has 0 saturated carbocycles. The molecule has 0 aliphatic rings. The summed E-state index contributed by atoms with van der Waals surface area (Å²) in [6.45, 7) is 3.01. The molecule has 0 fully saturated rings. The van der Waals surface area contributed by atoms with Crippen molar-refractivity contribution in [1.29, 1.82) is 0 Å². The molecule has 0 aliphatic heterocycles. The second-order valence-corrected chi connectivity index (χ2v) is 7.51. The molecular formula is C11H15Cl2NO3S. The van der Waals surface area contributed by atoms with Crippen LogP contribution in [0.2, 0.25) is 10.0 Å². The fourth-order valence-electron chi connectivity index (χ4n) is 1.47. The van der Waals surface area contributed by atoms with Crippen LogP contribution < -0.4 is 0 Å². The number of sulfonamides is 1. The first-order valence-electron chi connectivity index (χ1n) is 5.18. The van der Waals surface area contributed by atoms with E-state index < -0.39 is 15.6 Å². The minimum absolute atomic E-state index is 0.0435.